The highest BCUT2D eigenvalue weighted by Crippen LogP contribution is 2.25. The molecule has 6 heteroatoms. The molecule has 0 saturated carbocycles. The maximum absolute atomic E-state index is 12.3. The highest BCUT2D eigenvalue weighted by molar-refractivity contribution is 5.78. The molecule has 26 heavy (non-hydrogen) atoms. The van der Waals surface area contributed by atoms with Crippen molar-refractivity contribution in [1.29, 1.82) is 0 Å². The summed E-state index contributed by atoms with van der Waals surface area (Å²) in [7, 11) is 0. The van der Waals surface area contributed by atoms with Gasteiger partial charge in [-0.3, -0.25) is 9.89 Å². The first-order chi connectivity index (χ1) is 12.6. The molecule has 6 nitrogen and oxygen atoms in total. The lowest BCUT2D eigenvalue weighted by Gasteiger charge is -2.27. The Labute approximate surface area is 154 Å². The fraction of sp³-hybridized carbons (Fsp3) is 0.500. The summed E-state index contributed by atoms with van der Waals surface area (Å²) in [6.45, 7) is 7.02. The highest BCUT2D eigenvalue weighted by Gasteiger charge is 2.25. The van der Waals surface area contributed by atoms with Crippen LogP contribution in [-0.4, -0.2) is 42.3 Å². The van der Waals surface area contributed by atoms with Crippen LogP contribution in [0.4, 0.5) is 0 Å². The number of benzene rings is 1. The molecule has 0 aliphatic carbocycles. The summed E-state index contributed by atoms with van der Waals surface area (Å²) in [6.07, 6.45) is 3.97. The van der Waals surface area contributed by atoms with Gasteiger partial charge in [0.25, 0.3) is 0 Å². The van der Waals surface area contributed by atoms with Gasteiger partial charge >= 0.3 is 0 Å². The number of rotatable bonds is 7. The van der Waals surface area contributed by atoms with E-state index in [2.05, 4.69) is 20.8 Å². The molecular formula is C20H28N4O2. The van der Waals surface area contributed by atoms with Gasteiger partial charge < -0.3 is 15.4 Å². The standard InChI is InChI=1S/C20H28N4O2/c1-14(16-6-8-21-9-7-16)20(25)22-10-11-26-18-5-3-4-17(12-18)19-13-23-24-15(19)2/h3-5,12-14,16,21H,6-11H2,1-2H3,(H,22,25)(H,23,24). The van der Waals surface area contributed by atoms with Crippen LogP contribution in [0.25, 0.3) is 11.1 Å². The van der Waals surface area contributed by atoms with Crippen LogP contribution < -0.4 is 15.4 Å². The Kier molecular flexibility index (Phi) is 6.28. The molecule has 1 aromatic carbocycles. The Hall–Kier alpha value is -2.34. The number of hydrogen-bond acceptors (Lipinski definition) is 4. The number of aryl methyl sites for hydroxylation is 1. The maximum atomic E-state index is 12.3. The lowest BCUT2D eigenvalue weighted by molar-refractivity contribution is -0.126. The summed E-state index contributed by atoms with van der Waals surface area (Å²) in [6, 6.07) is 7.93. The molecule has 2 heterocycles. The summed E-state index contributed by atoms with van der Waals surface area (Å²) in [5.41, 5.74) is 3.16. The number of carbonyl (C=O) groups excluding carboxylic acids is 1. The Morgan fingerprint density at radius 3 is 2.92 bits per heavy atom. The van der Waals surface area contributed by atoms with Crippen LogP contribution in [0.5, 0.6) is 5.75 Å². The normalized spacial score (nSPS) is 16.2. The predicted octanol–water partition coefficient (Wildman–Crippen LogP) is 2.52. The number of amides is 1. The third kappa shape index (κ3) is 4.64. The van der Waals surface area contributed by atoms with E-state index in [4.69, 9.17) is 4.74 Å². The average Bonchev–Trinajstić information content (AvgIpc) is 3.11. The van der Waals surface area contributed by atoms with Crippen LogP contribution >= 0.6 is 0 Å². The van der Waals surface area contributed by atoms with E-state index < -0.39 is 0 Å². The summed E-state index contributed by atoms with van der Waals surface area (Å²) in [5, 5.41) is 13.3. The molecule has 0 radical (unpaired) electrons. The Balaban J connectivity index is 1.45. The van der Waals surface area contributed by atoms with Crippen LogP contribution in [0.3, 0.4) is 0 Å². The smallest absolute Gasteiger partial charge is 0.223 e. The second-order valence-electron chi connectivity index (χ2n) is 6.95. The van der Waals surface area contributed by atoms with Crippen molar-refractivity contribution in [1.82, 2.24) is 20.8 Å². The van der Waals surface area contributed by atoms with Crippen molar-refractivity contribution in [2.75, 3.05) is 26.2 Å². The number of aromatic nitrogens is 2. The van der Waals surface area contributed by atoms with E-state index in [0.29, 0.717) is 19.1 Å². The summed E-state index contributed by atoms with van der Waals surface area (Å²) in [5.74, 6) is 1.46. The highest BCUT2D eigenvalue weighted by atomic mass is 16.5. The van der Waals surface area contributed by atoms with Gasteiger partial charge in [0.1, 0.15) is 12.4 Å². The first-order valence-corrected chi connectivity index (χ1v) is 9.37. The van der Waals surface area contributed by atoms with Gasteiger partial charge in [0.2, 0.25) is 5.91 Å². The lowest BCUT2D eigenvalue weighted by atomic mass is 9.85. The molecule has 2 aromatic rings. The van der Waals surface area contributed by atoms with E-state index in [-0.39, 0.29) is 11.8 Å². The number of nitrogens with one attached hydrogen (secondary N) is 3. The summed E-state index contributed by atoms with van der Waals surface area (Å²) >= 11 is 0. The van der Waals surface area contributed by atoms with Crippen molar-refractivity contribution in [2.45, 2.75) is 26.7 Å². The Bertz CT molecular complexity index is 722. The first kappa shape index (κ1) is 18.5. The van der Waals surface area contributed by atoms with Crippen molar-refractivity contribution in [3.8, 4) is 16.9 Å². The number of aromatic amines is 1. The second-order valence-corrected chi connectivity index (χ2v) is 6.95. The van der Waals surface area contributed by atoms with E-state index in [1.807, 2.05) is 44.3 Å². The van der Waals surface area contributed by atoms with Gasteiger partial charge in [-0.05, 0) is 56.5 Å². The monoisotopic (exact) mass is 356 g/mol. The summed E-state index contributed by atoms with van der Waals surface area (Å²) in [4.78, 5) is 12.3. The fourth-order valence-corrected chi connectivity index (χ4v) is 3.46. The van der Waals surface area contributed by atoms with Crippen LogP contribution in [0.2, 0.25) is 0 Å². The Morgan fingerprint density at radius 1 is 1.38 bits per heavy atom. The van der Waals surface area contributed by atoms with Gasteiger partial charge in [-0.15, -0.1) is 0 Å². The molecule has 0 bridgehead atoms. The number of ether oxygens (including phenoxy) is 1. The quantitative estimate of drug-likeness (QED) is 0.666. The van der Waals surface area contributed by atoms with Gasteiger partial charge in [0, 0.05) is 17.2 Å². The minimum absolute atomic E-state index is 0.0597. The van der Waals surface area contributed by atoms with Crippen LogP contribution in [-0.2, 0) is 4.79 Å². The van der Waals surface area contributed by atoms with Crippen LogP contribution in [0.15, 0.2) is 30.5 Å². The zero-order chi connectivity index (χ0) is 18.4. The van der Waals surface area contributed by atoms with Gasteiger partial charge in [-0.25, -0.2) is 0 Å². The number of piperidine rings is 1. The molecule has 1 aliphatic heterocycles. The molecule has 1 fully saturated rings. The third-order valence-corrected chi connectivity index (χ3v) is 5.15. The maximum Gasteiger partial charge on any atom is 0.223 e. The minimum Gasteiger partial charge on any atom is -0.492 e. The molecule has 1 aromatic heterocycles. The van der Waals surface area contributed by atoms with E-state index in [9.17, 15) is 4.79 Å². The van der Waals surface area contributed by atoms with Crippen molar-refractivity contribution in [3.05, 3.63) is 36.2 Å². The molecule has 1 atom stereocenters. The molecule has 140 valence electrons. The average molecular weight is 356 g/mol. The molecule has 1 amide bonds. The van der Waals surface area contributed by atoms with Crippen molar-refractivity contribution < 1.29 is 9.53 Å². The van der Waals surface area contributed by atoms with Gasteiger partial charge in [-0.1, -0.05) is 19.1 Å². The molecular weight excluding hydrogens is 328 g/mol. The van der Waals surface area contributed by atoms with Gasteiger partial charge in [-0.2, -0.15) is 5.10 Å². The van der Waals surface area contributed by atoms with Crippen molar-refractivity contribution in [2.24, 2.45) is 11.8 Å². The zero-order valence-corrected chi connectivity index (χ0v) is 15.5. The molecule has 1 unspecified atom stereocenters. The van der Waals surface area contributed by atoms with Gasteiger partial charge in [0.05, 0.1) is 12.7 Å². The molecule has 3 rings (SSSR count). The van der Waals surface area contributed by atoms with E-state index >= 15 is 0 Å². The Morgan fingerprint density at radius 2 is 2.19 bits per heavy atom. The van der Waals surface area contributed by atoms with Crippen molar-refractivity contribution in [3.63, 3.8) is 0 Å². The topological polar surface area (TPSA) is 79.0 Å². The van der Waals surface area contributed by atoms with E-state index in [0.717, 1.165) is 48.5 Å². The van der Waals surface area contributed by atoms with Crippen LogP contribution in [0, 0.1) is 18.8 Å². The van der Waals surface area contributed by atoms with Gasteiger partial charge in [0.15, 0.2) is 0 Å². The minimum atomic E-state index is 0.0597. The first-order valence-electron chi connectivity index (χ1n) is 9.37. The number of carbonyl (C=O) groups is 1. The number of nitrogens with zero attached hydrogens (tertiary/aromatic N) is 1. The second kappa shape index (κ2) is 8.85. The largest absolute Gasteiger partial charge is 0.492 e. The van der Waals surface area contributed by atoms with Crippen LogP contribution in [0.1, 0.15) is 25.5 Å². The number of hydrogen-bond donors (Lipinski definition) is 3. The molecule has 1 aliphatic rings. The van der Waals surface area contributed by atoms with E-state index in [1.54, 1.807) is 0 Å². The molecule has 3 N–H and O–H groups in total. The summed E-state index contributed by atoms with van der Waals surface area (Å²) < 4.78 is 5.80. The molecule has 1 saturated heterocycles. The SMILES string of the molecule is Cc1[nH]ncc1-c1cccc(OCCNC(=O)C(C)C2CCNCC2)c1. The zero-order valence-electron chi connectivity index (χ0n) is 15.5. The lowest BCUT2D eigenvalue weighted by Crippen LogP contribution is -2.39. The fourth-order valence-electron chi connectivity index (χ4n) is 3.46. The molecule has 0 spiro atoms. The number of H-pyrrole nitrogens is 1. The van der Waals surface area contributed by atoms with Crippen molar-refractivity contribution >= 4 is 5.91 Å². The third-order valence-electron chi connectivity index (χ3n) is 5.15. The predicted molar refractivity (Wildman–Crippen MR) is 102 cm³/mol. The van der Waals surface area contributed by atoms with E-state index in [1.165, 1.54) is 0 Å².